The highest BCUT2D eigenvalue weighted by Gasteiger charge is 2.01. The fourth-order valence-corrected chi connectivity index (χ4v) is 2.43. The zero-order valence-corrected chi connectivity index (χ0v) is 12.9. The fourth-order valence-electron chi connectivity index (χ4n) is 2.43. The molecule has 0 aliphatic heterocycles. The quantitative estimate of drug-likeness (QED) is 0.681. The number of nitrogens with one attached hydrogen (secondary N) is 1. The summed E-state index contributed by atoms with van der Waals surface area (Å²) in [7, 11) is 0. The van der Waals surface area contributed by atoms with E-state index in [1.807, 2.05) is 0 Å². The number of carbonyl (C=O) groups is 1. The number of hydrogen-bond donors (Lipinski definition) is 2. The zero-order valence-electron chi connectivity index (χ0n) is 12.9. The number of amides is 1. The summed E-state index contributed by atoms with van der Waals surface area (Å²) in [6.07, 6.45) is 5.80. The Morgan fingerprint density at radius 3 is 2.35 bits per heavy atom. The Balaban J connectivity index is 2.15. The molecule has 0 saturated carbocycles. The van der Waals surface area contributed by atoms with Crippen LogP contribution in [0, 0.1) is 13.8 Å². The molecular weight excluding hydrogens is 248 g/mol. The van der Waals surface area contributed by atoms with Crippen molar-refractivity contribution in [2.75, 3.05) is 13.1 Å². The number of aryl methyl sites for hydroxylation is 2. The molecule has 1 aromatic rings. The van der Waals surface area contributed by atoms with Crippen LogP contribution in [0.3, 0.4) is 0 Å². The fraction of sp³-hybridized carbons (Fsp3) is 0.588. The van der Waals surface area contributed by atoms with Crippen LogP contribution in [0.1, 0.15) is 48.8 Å². The average Bonchev–Trinajstić information content (AvgIpc) is 2.37. The van der Waals surface area contributed by atoms with Crippen molar-refractivity contribution in [3.05, 3.63) is 34.9 Å². The van der Waals surface area contributed by atoms with Crippen LogP contribution >= 0.6 is 0 Å². The summed E-state index contributed by atoms with van der Waals surface area (Å²) in [5, 5.41) is 3.00. The monoisotopic (exact) mass is 276 g/mol. The number of carbonyl (C=O) groups excluding carboxylic acids is 1. The summed E-state index contributed by atoms with van der Waals surface area (Å²) in [6.45, 7) is 5.69. The lowest BCUT2D eigenvalue weighted by molar-refractivity contribution is -0.121. The van der Waals surface area contributed by atoms with E-state index < -0.39 is 0 Å². The van der Waals surface area contributed by atoms with Crippen molar-refractivity contribution in [1.82, 2.24) is 5.32 Å². The maximum Gasteiger partial charge on any atom is 0.220 e. The summed E-state index contributed by atoms with van der Waals surface area (Å²) in [6, 6.07) is 6.54. The lowest BCUT2D eigenvalue weighted by atomic mass is 10.1. The normalized spacial score (nSPS) is 10.6. The molecule has 20 heavy (non-hydrogen) atoms. The number of hydrogen-bond acceptors (Lipinski definition) is 2. The molecule has 0 unspecified atom stereocenters. The molecule has 1 amide bonds. The van der Waals surface area contributed by atoms with Crippen LogP contribution in [0.25, 0.3) is 0 Å². The van der Waals surface area contributed by atoms with Crippen molar-refractivity contribution in [3.8, 4) is 0 Å². The lowest BCUT2D eigenvalue weighted by Gasteiger charge is -2.07. The first-order chi connectivity index (χ1) is 9.61. The molecule has 0 radical (unpaired) electrons. The van der Waals surface area contributed by atoms with E-state index in [0.717, 1.165) is 45.2 Å². The van der Waals surface area contributed by atoms with Crippen LogP contribution in [0.2, 0.25) is 0 Å². The molecule has 0 spiro atoms. The van der Waals surface area contributed by atoms with Crippen LogP contribution in [0.4, 0.5) is 0 Å². The first kappa shape index (κ1) is 16.7. The van der Waals surface area contributed by atoms with Gasteiger partial charge in [0.1, 0.15) is 0 Å². The third kappa shape index (κ3) is 7.29. The third-order valence-electron chi connectivity index (χ3n) is 3.38. The van der Waals surface area contributed by atoms with Crippen LogP contribution in [0.5, 0.6) is 0 Å². The van der Waals surface area contributed by atoms with Crippen molar-refractivity contribution in [1.29, 1.82) is 0 Å². The summed E-state index contributed by atoms with van der Waals surface area (Å²) < 4.78 is 0. The van der Waals surface area contributed by atoms with E-state index in [1.165, 1.54) is 16.7 Å². The van der Waals surface area contributed by atoms with Gasteiger partial charge in [-0.15, -0.1) is 0 Å². The third-order valence-corrected chi connectivity index (χ3v) is 3.38. The van der Waals surface area contributed by atoms with Gasteiger partial charge < -0.3 is 11.1 Å². The highest BCUT2D eigenvalue weighted by Crippen LogP contribution is 2.09. The molecule has 3 N–H and O–H groups in total. The molecule has 112 valence electrons. The van der Waals surface area contributed by atoms with Gasteiger partial charge in [-0.1, -0.05) is 42.2 Å². The lowest BCUT2D eigenvalue weighted by Crippen LogP contribution is -2.25. The van der Waals surface area contributed by atoms with Crippen LogP contribution in [0.15, 0.2) is 18.2 Å². The Kier molecular flexibility index (Phi) is 7.97. The molecule has 0 atom stereocenters. The summed E-state index contributed by atoms with van der Waals surface area (Å²) in [5.74, 6) is 0.169. The molecule has 1 aromatic carbocycles. The Hall–Kier alpha value is -1.35. The Bertz CT molecular complexity index is 395. The molecule has 3 nitrogen and oxygen atoms in total. The minimum absolute atomic E-state index is 0.169. The molecule has 3 heteroatoms. The molecule has 0 aliphatic carbocycles. The van der Waals surface area contributed by atoms with Gasteiger partial charge in [0.05, 0.1) is 0 Å². The van der Waals surface area contributed by atoms with E-state index >= 15 is 0 Å². The first-order valence-electron chi connectivity index (χ1n) is 7.66. The zero-order chi connectivity index (χ0) is 14.8. The van der Waals surface area contributed by atoms with Gasteiger partial charge in [0.25, 0.3) is 0 Å². The number of rotatable bonds is 9. The minimum Gasteiger partial charge on any atom is -0.356 e. The second-order valence-electron chi connectivity index (χ2n) is 5.55. The van der Waals surface area contributed by atoms with E-state index in [2.05, 4.69) is 37.4 Å². The SMILES string of the molecule is Cc1cc(C)cc(CCNC(=O)CCCCCCN)c1. The molecule has 0 heterocycles. The van der Waals surface area contributed by atoms with Gasteiger partial charge in [-0.25, -0.2) is 0 Å². The van der Waals surface area contributed by atoms with E-state index in [9.17, 15) is 4.79 Å². The largest absolute Gasteiger partial charge is 0.356 e. The second-order valence-corrected chi connectivity index (χ2v) is 5.55. The number of unbranched alkanes of at least 4 members (excludes halogenated alkanes) is 3. The van der Waals surface area contributed by atoms with Crippen molar-refractivity contribution >= 4 is 5.91 Å². The Morgan fingerprint density at radius 2 is 1.70 bits per heavy atom. The maximum atomic E-state index is 11.7. The highest BCUT2D eigenvalue weighted by atomic mass is 16.1. The minimum atomic E-state index is 0.169. The van der Waals surface area contributed by atoms with Crippen LogP contribution in [-0.4, -0.2) is 19.0 Å². The predicted octanol–water partition coefficient (Wildman–Crippen LogP) is 2.87. The van der Waals surface area contributed by atoms with Crippen molar-refractivity contribution in [2.45, 2.75) is 52.4 Å². The molecule has 0 bridgehead atoms. The van der Waals surface area contributed by atoms with Gasteiger partial charge in [-0.05, 0) is 45.2 Å². The van der Waals surface area contributed by atoms with E-state index in [4.69, 9.17) is 5.73 Å². The van der Waals surface area contributed by atoms with Crippen molar-refractivity contribution in [2.24, 2.45) is 5.73 Å². The topological polar surface area (TPSA) is 55.1 Å². The molecular formula is C17H28N2O. The predicted molar refractivity (Wildman–Crippen MR) is 84.8 cm³/mol. The molecule has 0 saturated heterocycles. The smallest absolute Gasteiger partial charge is 0.220 e. The summed E-state index contributed by atoms with van der Waals surface area (Å²) >= 11 is 0. The Morgan fingerprint density at radius 1 is 1.05 bits per heavy atom. The molecule has 1 rings (SSSR count). The number of benzene rings is 1. The number of nitrogens with two attached hydrogens (primary N) is 1. The van der Waals surface area contributed by atoms with Crippen LogP contribution < -0.4 is 11.1 Å². The van der Waals surface area contributed by atoms with Gasteiger partial charge in [-0.2, -0.15) is 0 Å². The van der Waals surface area contributed by atoms with Crippen molar-refractivity contribution < 1.29 is 4.79 Å². The molecule has 0 fully saturated rings. The first-order valence-corrected chi connectivity index (χ1v) is 7.66. The molecule has 0 aromatic heterocycles. The van der Waals surface area contributed by atoms with Gasteiger partial charge in [-0.3, -0.25) is 4.79 Å². The van der Waals surface area contributed by atoms with Gasteiger partial charge in [0.15, 0.2) is 0 Å². The van der Waals surface area contributed by atoms with Gasteiger partial charge in [0.2, 0.25) is 5.91 Å². The van der Waals surface area contributed by atoms with Crippen molar-refractivity contribution in [3.63, 3.8) is 0 Å². The van der Waals surface area contributed by atoms with E-state index in [0.29, 0.717) is 6.42 Å². The van der Waals surface area contributed by atoms with Gasteiger partial charge in [0, 0.05) is 13.0 Å². The summed E-state index contributed by atoms with van der Waals surface area (Å²) in [5.41, 5.74) is 9.30. The van der Waals surface area contributed by atoms with Crippen LogP contribution in [-0.2, 0) is 11.2 Å². The standard InChI is InChI=1S/C17H28N2O/c1-14-11-15(2)13-16(12-14)8-10-19-17(20)7-5-3-4-6-9-18/h11-13H,3-10,18H2,1-2H3,(H,19,20). The van der Waals surface area contributed by atoms with E-state index in [1.54, 1.807) is 0 Å². The second kappa shape index (κ2) is 9.54. The Labute approximate surface area is 122 Å². The average molecular weight is 276 g/mol. The maximum absolute atomic E-state index is 11.7. The van der Waals surface area contributed by atoms with Gasteiger partial charge >= 0.3 is 0 Å². The van der Waals surface area contributed by atoms with E-state index in [-0.39, 0.29) is 5.91 Å². The summed E-state index contributed by atoms with van der Waals surface area (Å²) in [4.78, 5) is 11.7. The highest BCUT2D eigenvalue weighted by molar-refractivity contribution is 5.75. The molecule has 0 aliphatic rings.